The number of hydrogen-bond donors (Lipinski definition) is 0. The molecule has 0 bridgehead atoms. The van der Waals surface area contributed by atoms with Crippen LogP contribution in [-0.4, -0.2) is 21.9 Å². The Bertz CT molecular complexity index is 1070. The first kappa shape index (κ1) is 18.1. The van der Waals surface area contributed by atoms with E-state index >= 15 is 0 Å². The SMILES string of the molecule is CSc1cc(-c2ccc(Oc3ccccc3)cc2)nn1C(=O)c1ccccc1. The van der Waals surface area contributed by atoms with E-state index in [2.05, 4.69) is 5.10 Å². The minimum atomic E-state index is -0.139. The van der Waals surface area contributed by atoms with Crippen LogP contribution in [0.5, 0.6) is 11.5 Å². The van der Waals surface area contributed by atoms with E-state index in [0.29, 0.717) is 5.56 Å². The lowest BCUT2D eigenvalue weighted by Gasteiger charge is -2.06. The smallest absolute Gasteiger partial charge is 0.279 e. The lowest BCUT2D eigenvalue weighted by Crippen LogP contribution is -2.14. The number of carbonyl (C=O) groups is 1. The van der Waals surface area contributed by atoms with Gasteiger partial charge in [-0.2, -0.15) is 9.78 Å². The third-order valence-corrected chi connectivity index (χ3v) is 4.94. The van der Waals surface area contributed by atoms with Crippen LogP contribution in [0.4, 0.5) is 0 Å². The van der Waals surface area contributed by atoms with E-state index in [1.165, 1.54) is 16.4 Å². The van der Waals surface area contributed by atoms with Crippen LogP contribution in [0.2, 0.25) is 0 Å². The molecule has 1 heterocycles. The highest BCUT2D eigenvalue weighted by molar-refractivity contribution is 7.98. The summed E-state index contributed by atoms with van der Waals surface area (Å²) in [7, 11) is 0. The minimum absolute atomic E-state index is 0.139. The van der Waals surface area contributed by atoms with Gasteiger partial charge in [-0.15, -0.1) is 11.8 Å². The van der Waals surface area contributed by atoms with Crippen molar-refractivity contribution in [2.75, 3.05) is 6.26 Å². The Hall–Kier alpha value is -3.31. The van der Waals surface area contributed by atoms with Gasteiger partial charge in [0.25, 0.3) is 5.91 Å². The third kappa shape index (κ3) is 3.85. The van der Waals surface area contributed by atoms with Gasteiger partial charge >= 0.3 is 0 Å². The molecular weight excluding hydrogens is 368 g/mol. The summed E-state index contributed by atoms with van der Waals surface area (Å²) in [6.45, 7) is 0. The summed E-state index contributed by atoms with van der Waals surface area (Å²) in [6, 6.07) is 28.4. The maximum Gasteiger partial charge on any atom is 0.279 e. The van der Waals surface area contributed by atoms with Crippen LogP contribution in [0.1, 0.15) is 10.4 Å². The Labute approximate surface area is 167 Å². The molecule has 4 rings (SSSR count). The number of rotatable bonds is 5. The van der Waals surface area contributed by atoms with Gasteiger partial charge in [0.2, 0.25) is 0 Å². The highest BCUT2D eigenvalue weighted by atomic mass is 32.2. The number of benzene rings is 3. The number of hydrogen-bond acceptors (Lipinski definition) is 4. The van der Waals surface area contributed by atoms with Gasteiger partial charge in [0, 0.05) is 11.1 Å². The van der Waals surface area contributed by atoms with E-state index in [4.69, 9.17) is 4.74 Å². The van der Waals surface area contributed by atoms with Crippen LogP contribution in [-0.2, 0) is 0 Å². The number of carbonyl (C=O) groups excluding carboxylic acids is 1. The summed E-state index contributed by atoms with van der Waals surface area (Å²) in [4.78, 5) is 12.8. The quantitative estimate of drug-likeness (QED) is 0.410. The second kappa shape index (κ2) is 8.15. The maximum absolute atomic E-state index is 12.8. The molecule has 0 spiro atoms. The molecule has 3 aromatic carbocycles. The largest absolute Gasteiger partial charge is 0.457 e. The number of para-hydroxylation sites is 1. The lowest BCUT2D eigenvalue weighted by molar-refractivity contribution is 0.0935. The van der Waals surface area contributed by atoms with Crippen LogP contribution in [0.3, 0.4) is 0 Å². The molecule has 0 atom stereocenters. The van der Waals surface area contributed by atoms with Crippen molar-refractivity contribution < 1.29 is 9.53 Å². The molecule has 28 heavy (non-hydrogen) atoms. The first-order valence-corrected chi connectivity index (χ1v) is 10.0. The molecule has 0 saturated heterocycles. The number of ether oxygens (including phenoxy) is 1. The molecule has 4 aromatic rings. The Morgan fingerprint density at radius 2 is 1.46 bits per heavy atom. The van der Waals surface area contributed by atoms with Crippen molar-refractivity contribution in [2.24, 2.45) is 0 Å². The van der Waals surface area contributed by atoms with Crippen molar-refractivity contribution >= 4 is 17.7 Å². The highest BCUT2D eigenvalue weighted by Crippen LogP contribution is 2.28. The second-order valence-corrected chi connectivity index (χ2v) is 6.92. The number of nitrogens with zero attached hydrogens (tertiary/aromatic N) is 2. The van der Waals surface area contributed by atoms with Gasteiger partial charge in [-0.3, -0.25) is 4.79 Å². The highest BCUT2D eigenvalue weighted by Gasteiger charge is 2.16. The average molecular weight is 386 g/mol. The van der Waals surface area contributed by atoms with Crippen molar-refractivity contribution in [3.63, 3.8) is 0 Å². The monoisotopic (exact) mass is 386 g/mol. The molecule has 0 fully saturated rings. The van der Waals surface area contributed by atoms with Gasteiger partial charge in [0.15, 0.2) is 0 Å². The van der Waals surface area contributed by atoms with E-state index in [1.54, 1.807) is 12.1 Å². The van der Waals surface area contributed by atoms with Crippen molar-refractivity contribution in [1.29, 1.82) is 0 Å². The van der Waals surface area contributed by atoms with Gasteiger partial charge in [0.1, 0.15) is 16.5 Å². The summed E-state index contributed by atoms with van der Waals surface area (Å²) in [5, 5.41) is 5.35. The Balaban J connectivity index is 1.59. The maximum atomic E-state index is 12.8. The van der Waals surface area contributed by atoms with Gasteiger partial charge in [-0.25, -0.2) is 0 Å². The summed E-state index contributed by atoms with van der Waals surface area (Å²) in [5.74, 6) is 1.40. The molecule has 0 saturated carbocycles. The zero-order chi connectivity index (χ0) is 19.3. The van der Waals surface area contributed by atoms with E-state index in [1.807, 2.05) is 85.1 Å². The second-order valence-electron chi connectivity index (χ2n) is 6.09. The number of aromatic nitrogens is 2. The summed E-state index contributed by atoms with van der Waals surface area (Å²) < 4.78 is 7.29. The first-order chi connectivity index (χ1) is 13.7. The van der Waals surface area contributed by atoms with Gasteiger partial charge < -0.3 is 4.74 Å². The van der Waals surface area contributed by atoms with Gasteiger partial charge in [-0.05, 0) is 60.9 Å². The molecule has 0 radical (unpaired) electrons. The van der Waals surface area contributed by atoms with Crippen molar-refractivity contribution in [3.8, 4) is 22.8 Å². The summed E-state index contributed by atoms with van der Waals surface area (Å²) in [6.07, 6.45) is 1.94. The average Bonchev–Trinajstić information content (AvgIpc) is 3.19. The Morgan fingerprint density at radius 1 is 0.857 bits per heavy atom. The van der Waals surface area contributed by atoms with Gasteiger partial charge in [-0.1, -0.05) is 36.4 Å². The minimum Gasteiger partial charge on any atom is -0.457 e. The molecule has 138 valence electrons. The zero-order valence-electron chi connectivity index (χ0n) is 15.3. The topological polar surface area (TPSA) is 44.1 Å². The van der Waals surface area contributed by atoms with Crippen molar-refractivity contribution in [2.45, 2.75) is 5.03 Å². The van der Waals surface area contributed by atoms with Crippen molar-refractivity contribution in [1.82, 2.24) is 9.78 Å². The lowest BCUT2D eigenvalue weighted by atomic mass is 10.1. The molecule has 0 aliphatic carbocycles. The summed E-state index contributed by atoms with van der Waals surface area (Å²) >= 11 is 1.49. The standard InChI is InChI=1S/C23H18N2O2S/c1-28-22-16-21(24-25(22)23(26)18-8-4-2-5-9-18)17-12-14-20(15-13-17)27-19-10-6-3-7-11-19/h2-16H,1H3. The van der Waals surface area contributed by atoms with E-state index in [9.17, 15) is 4.79 Å². The molecule has 0 aliphatic rings. The molecule has 0 aliphatic heterocycles. The normalized spacial score (nSPS) is 10.6. The molecular formula is C23H18N2O2S. The molecule has 1 aromatic heterocycles. The fourth-order valence-electron chi connectivity index (χ4n) is 2.82. The van der Waals surface area contributed by atoms with Crippen LogP contribution in [0.25, 0.3) is 11.3 Å². The predicted molar refractivity (Wildman–Crippen MR) is 112 cm³/mol. The molecule has 4 nitrogen and oxygen atoms in total. The van der Waals surface area contributed by atoms with E-state index in [-0.39, 0.29) is 5.91 Å². The Kier molecular flexibility index (Phi) is 5.26. The molecule has 0 N–H and O–H groups in total. The third-order valence-electron chi connectivity index (χ3n) is 4.23. The zero-order valence-corrected chi connectivity index (χ0v) is 16.1. The van der Waals surface area contributed by atoms with Crippen LogP contribution in [0.15, 0.2) is 96.0 Å². The van der Waals surface area contributed by atoms with E-state index < -0.39 is 0 Å². The van der Waals surface area contributed by atoms with Crippen LogP contribution < -0.4 is 4.74 Å². The fraction of sp³-hybridized carbons (Fsp3) is 0.0435. The van der Waals surface area contributed by atoms with Crippen molar-refractivity contribution in [3.05, 3.63) is 96.6 Å². The molecule has 0 amide bonds. The van der Waals surface area contributed by atoms with Crippen LogP contribution >= 0.6 is 11.8 Å². The van der Waals surface area contributed by atoms with E-state index in [0.717, 1.165) is 27.8 Å². The van der Waals surface area contributed by atoms with Gasteiger partial charge in [0.05, 0.1) is 5.69 Å². The number of thioether (sulfide) groups is 1. The fourth-order valence-corrected chi connectivity index (χ4v) is 3.34. The summed E-state index contributed by atoms with van der Waals surface area (Å²) in [5.41, 5.74) is 2.29. The predicted octanol–water partition coefficient (Wildman–Crippen LogP) is 5.75. The van der Waals surface area contributed by atoms with Crippen LogP contribution in [0, 0.1) is 0 Å². The molecule has 0 unspecified atom stereocenters. The Morgan fingerprint density at radius 3 is 2.11 bits per heavy atom. The molecule has 5 heteroatoms. The first-order valence-electron chi connectivity index (χ1n) is 8.82.